The van der Waals surface area contributed by atoms with Gasteiger partial charge in [0.2, 0.25) is 0 Å². The van der Waals surface area contributed by atoms with E-state index in [0.717, 1.165) is 6.07 Å². The predicted octanol–water partition coefficient (Wildman–Crippen LogP) is 1.02. The van der Waals surface area contributed by atoms with Gasteiger partial charge in [0.15, 0.2) is 11.5 Å². The summed E-state index contributed by atoms with van der Waals surface area (Å²) in [6, 6.07) is 3.69. The van der Waals surface area contributed by atoms with E-state index in [-0.39, 0.29) is 17.9 Å². The highest BCUT2D eigenvalue weighted by molar-refractivity contribution is 5.67. The number of phenolic OH excluding ortho intramolecular Hbond substituents is 2. The molecule has 1 aromatic carbocycles. The third kappa shape index (κ3) is 5.49. The smallest absolute Gasteiger partial charge is 0.407 e. The minimum atomic E-state index is -1.33. The molecule has 2 unspecified atom stereocenters. The molecule has 0 saturated heterocycles. The normalized spacial score (nSPS) is 14.3. The molecule has 118 valence electrons. The van der Waals surface area contributed by atoms with Crippen LogP contribution in [0.4, 0.5) is 4.79 Å². The molecule has 0 radical (unpaired) electrons. The maximum absolute atomic E-state index is 11.4. The number of alkyl carbamates (subject to hydrolysis) is 1. The summed E-state index contributed by atoms with van der Waals surface area (Å²) in [6.45, 7) is 4.89. The van der Waals surface area contributed by atoms with Gasteiger partial charge in [0.1, 0.15) is 17.8 Å². The van der Waals surface area contributed by atoms with Crippen LogP contribution in [0.1, 0.15) is 32.4 Å². The van der Waals surface area contributed by atoms with Crippen LogP contribution in [-0.4, -0.2) is 44.8 Å². The number of phenols is 2. The number of hydrogen-bond donors (Lipinski definition) is 5. The van der Waals surface area contributed by atoms with Crippen molar-refractivity contribution in [2.75, 3.05) is 6.54 Å². The standard InChI is InChI=1S/C14H21NO6/c1-14(2,3)21-13(20)15-7-11(18)12(19)8-4-5-9(16)10(17)6-8/h4-6,11-12,16-19H,7H2,1-3H3,(H,15,20). The van der Waals surface area contributed by atoms with Gasteiger partial charge >= 0.3 is 6.09 Å². The lowest BCUT2D eigenvalue weighted by Gasteiger charge is -2.22. The molecule has 1 rings (SSSR count). The summed E-state index contributed by atoms with van der Waals surface area (Å²) in [6.07, 6.45) is -3.32. The molecule has 0 aliphatic rings. The monoisotopic (exact) mass is 299 g/mol. The Hall–Kier alpha value is -1.99. The highest BCUT2D eigenvalue weighted by atomic mass is 16.6. The Kier molecular flexibility index (Phi) is 5.40. The van der Waals surface area contributed by atoms with Crippen LogP contribution in [0.2, 0.25) is 0 Å². The zero-order valence-electron chi connectivity index (χ0n) is 12.2. The fourth-order valence-corrected chi connectivity index (χ4v) is 1.56. The van der Waals surface area contributed by atoms with Crippen LogP contribution in [0.15, 0.2) is 18.2 Å². The van der Waals surface area contributed by atoms with Gasteiger partial charge < -0.3 is 30.5 Å². The number of hydrogen-bond acceptors (Lipinski definition) is 6. The number of carbonyl (C=O) groups excluding carboxylic acids is 1. The van der Waals surface area contributed by atoms with Crippen LogP contribution >= 0.6 is 0 Å². The Morgan fingerprint density at radius 2 is 1.86 bits per heavy atom. The molecule has 1 amide bonds. The molecule has 7 nitrogen and oxygen atoms in total. The second-order valence-electron chi connectivity index (χ2n) is 5.64. The number of rotatable bonds is 4. The summed E-state index contributed by atoms with van der Waals surface area (Å²) in [7, 11) is 0. The maximum atomic E-state index is 11.4. The van der Waals surface area contributed by atoms with E-state index in [9.17, 15) is 25.2 Å². The average Bonchev–Trinajstić information content (AvgIpc) is 2.36. The summed E-state index contributed by atoms with van der Waals surface area (Å²) in [5, 5.41) is 40.6. The Labute approximate surface area is 122 Å². The minimum absolute atomic E-state index is 0.212. The molecule has 0 aliphatic heterocycles. The van der Waals surface area contributed by atoms with Gasteiger partial charge in [-0.3, -0.25) is 0 Å². The number of amides is 1. The van der Waals surface area contributed by atoms with Crippen molar-refractivity contribution < 1.29 is 30.0 Å². The molecule has 0 saturated carbocycles. The van der Waals surface area contributed by atoms with Crippen molar-refractivity contribution in [3.05, 3.63) is 23.8 Å². The molecule has 21 heavy (non-hydrogen) atoms. The third-order valence-corrected chi connectivity index (χ3v) is 2.56. The molecule has 2 atom stereocenters. The molecular formula is C14H21NO6. The molecule has 0 spiro atoms. The highest BCUT2D eigenvalue weighted by Crippen LogP contribution is 2.28. The van der Waals surface area contributed by atoms with Gasteiger partial charge in [0, 0.05) is 6.54 Å². The van der Waals surface area contributed by atoms with Crippen LogP contribution in [0, 0.1) is 0 Å². The molecule has 0 aliphatic carbocycles. The number of aliphatic hydroxyl groups excluding tert-OH is 2. The molecule has 7 heteroatoms. The van der Waals surface area contributed by atoms with E-state index >= 15 is 0 Å². The molecule has 0 fully saturated rings. The summed E-state index contributed by atoms with van der Waals surface area (Å²) in [4.78, 5) is 11.4. The number of nitrogens with one attached hydrogen (secondary N) is 1. The topological polar surface area (TPSA) is 119 Å². The van der Waals surface area contributed by atoms with E-state index in [4.69, 9.17) is 4.74 Å². The van der Waals surface area contributed by atoms with Gasteiger partial charge in [0.25, 0.3) is 0 Å². The second kappa shape index (κ2) is 6.64. The van der Waals surface area contributed by atoms with Crippen molar-refractivity contribution in [3.63, 3.8) is 0 Å². The quantitative estimate of drug-likeness (QED) is 0.529. The summed E-state index contributed by atoms with van der Waals surface area (Å²) < 4.78 is 4.99. The van der Waals surface area contributed by atoms with Gasteiger partial charge in [-0.15, -0.1) is 0 Å². The summed E-state index contributed by atoms with van der Waals surface area (Å²) in [5.74, 6) is -0.730. The zero-order valence-corrected chi connectivity index (χ0v) is 12.2. The largest absolute Gasteiger partial charge is 0.504 e. The third-order valence-electron chi connectivity index (χ3n) is 2.56. The maximum Gasteiger partial charge on any atom is 0.407 e. The highest BCUT2D eigenvalue weighted by Gasteiger charge is 2.22. The Morgan fingerprint density at radius 1 is 1.24 bits per heavy atom. The van der Waals surface area contributed by atoms with Crippen molar-refractivity contribution in [3.8, 4) is 11.5 Å². The van der Waals surface area contributed by atoms with Gasteiger partial charge in [0.05, 0.1) is 0 Å². The Balaban J connectivity index is 2.56. The van der Waals surface area contributed by atoms with Crippen LogP contribution in [0.5, 0.6) is 11.5 Å². The van der Waals surface area contributed by atoms with Crippen LogP contribution in [-0.2, 0) is 4.74 Å². The number of benzene rings is 1. The first-order chi connectivity index (χ1) is 9.60. The fourth-order valence-electron chi connectivity index (χ4n) is 1.56. The van der Waals surface area contributed by atoms with E-state index < -0.39 is 29.7 Å². The first-order valence-electron chi connectivity index (χ1n) is 6.45. The molecule has 0 heterocycles. The van der Waals surface area contributed by atoms with Gasteiger partial charge in [-0.1, -0.05) is 6.07 Å². The average molecular weight is 299 g/mol. The van der Waals surface area contributed by atoms with Crippen molar-refractivity contribution in [1.29, 1.82) is 0 Å². The lowest BCUT2D eigenvalue weighted by molar-refractivity contribution is 0.0128. The molecule has 0 aromatic heterocycles. The van der Waals surface area contributed by atoms with E-state index in [0.29, 0.717) is 0 Å². The molecule has 5 N–H and O–H groups in total. The van der Waals surface area contributed by atoms with Crippen LogP contribution in [0.3, 0.4) is 0 Å². The Bertz CT molecular complexity index is 497. The molecular weight excluding hydrogens is 278 g/mol. The van der Waals surface area contributed by atoms with E-state index in [1.165, 1.54) is 12.1 Å². The van der Waals surface area contributed by atoms with Gasteiger partial charge in [-0.2, -0.15) is 0 Å². The van der Waals surface area contributed by atoms with Crippen LogP contribution < -0.4 is 5.32 Å². The number of carbonyl (C=O) groups is 1. The lowest BCUT2D eigenvalue weighted by Crippen LogP contribution is -2.38. The minimum Gasteiger partial charge on any atom is -0.504 e. The zero-order chi connectivity index (χ0) is 16.2. The van der Waals surface area contributed by atoms with Gasteiger partial charge in [-0.25, -0.2) is 4.79 Å². The van der Waals surface area contributed by atoms with E-state index in [2.05, 4.69) is 5.32 Å². The second-order valence-corrected chi connectivity index (χ2v) is 5.64. The van der Waals surface area contributed by atoms with E-state index in [1.54, 1.807) is 20.8 Å². The number of aromatic hydroxyl groups is 2. The van der Waals surface area contributed by atoms with Crippen molar-refractivity contribution in [2.24, 2.45) is 0 Å². The SMILES string of the molecule is CC(C)(C)OC(=O)NCC(O)C(O)c1ccc(O)c(O)c1. The Morgan fingerprint density at radius 3 is 2.38 bits per heavy atom. The van der Waals surface area contributed by atoms with Gasteiger partial charge in [-0.05, 0) is 38.5 Å². The van der Waals surface area contributed by atoms with Crippen molar-refractivity contribution >= 4 is 6.09 Å². The fraction of sp³-hybridized carbons (Fsp3) is 0.500. The summed E-state index contributed by atoms with van der Waals surface area (Å²) >= 11 is 0. The molecule has 0 bridgehead atoms. The first kappa shape index (κ1) is 17.1. The number of aliphatic hydroxyl groups is 2. The lowest BCUT2D eigenvalue weighted by atomic mass is 10.0. The molecule has 1 aromatic rings. The first-order valence-corrected chi connectivity index (χ1v) is 6.45. The predicted molar refractivity (Wildman–Crippen MR) is 75.0 cm³/mol. The van der Waals surface area contributed by atoms with E-state index in [1.807, 2.05) is 0 Å². The van der Waals surface area contributed by atoms with Crippen molar-refractivity contribution in [2.45, 2.75) is 38.6 Å². The number of ether oxygens (including phenoxy) is 1. The van der Waals surface area contributed by atoms with Crippen LogP contribution in [0.25, 0.3) is 0 Å². The summed E-state index contributed by atoms with van der Waals surface area (Å²) in [5.41, 5.74) is -0.445. The van der Waals surface area contributed by atoms with Crippen molar-refractivity contribution in [1.82, 2.24) is 5.32 Å².